The molecule has 0 saturated carbocycles. The summed E-state index contributed by atoms with van der Waals surface area (Å²) in [4.78, 5) is 7.82. The zero-order valence-corrected chi connectivity index (χ0v) is 14.2. The predicted octanol–water partition coefficient (Wildman–Crippen LogP) is 3.29. The van der Waals surface area contributed by atoms with Crippen molar-refractivity contribution in [2.45, 2.75) is 26.9 Å². The molecule has 0 aliphatic carbocycles. The summed E-state index contributed by atoms with van der Waals surface area (Å²) in [5.74, 6) is -2.66. The molecule has 1 aromatic carbocycles. The Morgan fingerprint density at radius 3 is 2.48 bits per heavy atom. The van der Waals surface area contributed by atoms with E-state index in [0.29, 0.717) is 0 Å². The molecule has 1 heterocycles. The number of nitrogens with zero attached hydrogens (tertiary/aromatic N) is 2. The van der Waals surface area contributed by atoms with E-state index in [2.05, 4.69) is 31.2 Å². The first-order valence-corrected chi connectivity index (χ1v) is 7.90. The Morgan fingerprint density at radius 2 is 1.88 bits per heavy atom. The second-order valence-electron chi connectivity index (χ2n) is 4.97. The van der Waals surface area contributed by atoms with Gasteiger partial charge in [0.2, 0.25) is 0 Å². The molecule has 0 bridgehead atoms. The van der Waals surface area contributed by atoms with Crippen LogP contribution in [0, 0.1) is 17.5 Å². The maximum Gasteiger partial charge on any atom is 0.186 e. The van der Waals surface area contributed by atoms with Gasteiger partial charge in [0.25, 0.3) is 0 Å². The molecule has 3 N–H and O–H groups in total. The van der Waals surface area contributed by atoms with Crippen LogP contribution in [0.3, 0.4) is 0 Å². The number of hydrogen-bond acceptors (Lipinski definition) is 5. The first kappa shape index (κ1) is 21.3. The van der Waals surface area contributed by atoms with E-state index in [1.54, 1.807) is 6.92 Å². The van der Waals surface area contributed by atoms with E-state index in [0.717, 1.165) is 12.1 Å². The Hall–Kier alpha value is -1.71. The molecule has 9 heteroatoms. The number of halogens is 4. The molecular weight excluding hydrogens is 403 g/mol. The second-order valence-corrected chi connectivity index (χ2v) is 5.83. The van der Waals surface area contributed by atoms with Crippen molar-refractivity contribution >= 4 is 21.7 Å². The molecule has 0 aliphatic rings. The summed E-state index contributed by atoms with van der Waals surface area (Å²) < 4.78 is 42.0. The number of hydrogen-bond donors (Lipinski definition) is 3. The fourth-order valence-electron chi connectivity index (χ4n) is 1.94. The number of aliphatic hydroxyl groups excluding tert-OH is 2. The van der Waals surface area contributed by atoms with Crippen LogP contribution in [-0.4, -0.2) is 39.4 Å². The highest BCUT2D eigenvalue weighted by Gasteiger charge is 2.18. The van der Waals surface area contributed by atoms with Crippen molar-refractivity contribution in [3.63, 3.8) is 0 Å². The van der Waals surface area contributed by atoms with Gasteiger partial charge in [-0.15, -0.1) is 0 Å². The number of aromatic nitrogens is 2. The van der Waals surface area contributed by atoms with E-state index in [9.17, 15) is 18.3 Å². The van der Waals surface area contributed by atoms with Gasteiger partial charge in [0.15, 0.2) is 17.5 Å². The van der Waals surface area contributed by atoms with E-state index in [4.69, 9.17) is 5.11 Å². The highest BCUT2D eigenvalue weighted by molar-refractivity contribution is 9.10. The van der Waals surface area contributed by atoms with E-state index in [-0.39, 0.29) is 47.8 Å². The first-order chi connectivity index (χ1) is 11.4. The summed E-state index contributed by atoms with van der Waals surface area (Å²) in [5.41, 5.74) is -0.195. The van der Waals surface area contributed by atoms with Crippen LogP contribution < -0.4 is 5.32 Å². The topological polar surface area (TPSA) is 78.3 Å². The minimum Gasteiger partial charge on any atom is -0.394 e. The molecule has 0 unspecified atom stereocenters. The highest BCUT2D eigenvalue weighted by atomic mass is 79.9. The summed E-state index contributed by atoms with van der Waals surface area (Å²) in [6.07, 6.45) is -0.908. The van der Waals surface area contributed by atoms with E-state index in [1.165, 1.54) is 0 Å². The fourth-order valence-corrected chi connectivity index (χ4v) is 2.25. The standard InChI is InChI=1S/C15H15BrF3N3O2.CH4/c1-2-12-13(19)15(20-5-7(24)6-23)22-14(21-12)8-3-11(18)9(16)4-10(8)17;/h3-4,7,23-24H,2,5-6H2,1H3,(H,20,21,22);1H4/t7-;/m1./s1. The monoisotopic (exact) mass is 421 g/mol. The van der Waals surface area contributed by atoms with Crippen LogP contribution in [0.25, 0.3) is 11.4 Å². The van der Waals surface area contributed by atoms with Crippen molar-refractivity contribution in [3.05, 3.63) is 39.8 Å². The van der Waals surface area contributed by atoms with E-state index >= 15 is 0 Å². The average Bonchev–Trinajstić information content (AvgIpc) is 2.57. The fraction of sp³-hybridized carbons (Fsp3) is 0.375. The lowest BCUT2D eigenvalue weighted by molar-refractivity contribution is 0.105. The zero-order valence-electron chi connectivity index (χ0n) is 12.7. The molecule has 1 aromatic heterocycles. The van der Waals surface area contributed by atoms with Gasteiger partial charge in [-0.25, -0.2) is 23.1 Å². The van der Waals surface area contributed by atoms with Gasteiger partial charge in [-0.05, 0) is 34.5 Å². The molecule has 25 heavy (non-hydrogen) atoms. The summed E-state index contributed by atoms with van der Waals surface area (Å²) in [6.45, 7) is 0.976. The smallest absolute Gasteiger partial charge is 0.186 e. The van der Waals surface area contributed by atoms with Gasteiger partial charge in [0.05, 0.1) is 28.4 Å². The lowest BCUT2D eigenvalue weighted by atomic mass is 10.1. The van der Waals surface area contributed by atoms with Gasteiger partial charge >= 0.3 is 0 Å². The van der Waals surface area contributed by atoms with Crippen LogP contribution in [0.15, 0.2) is 16.6 Å². The summed E-state index contributed by atoms with van der Waals surface area (Å²) in [5, 5.41) is 20.7. The Labute approximate surface area is 152 Å². The third-order valence-corrected chi connectivity index (χ3v) is 3.83. The van der Waals surface area contributed by atoms with E-state index < -0.39 is 30.2 Å². The van der Waals surface area contributed by atoms with Crippen molar-refractivity contribution in [2.75, 3.05) is 18.5 Å². The van der Waals surface area contributed by atoms with Crippen LogP contribution in [0.1, 0.15) is 20.0 Å². The van der Waals surface area contributed by atoms with Crippen molar-refractivity contribution < 1.29 is 23.4 Å². The maximum atomic E-state index is 14.3. The predicted molar refractivity (Wildman–Crippen MR) is 92.7 cm³/mol. The molecule has 2 aromatic rings. The quantitative estimate of drug-likeness (QED) is 0.623. The van der Waals surface area contributed by atoms with Crippen molar-refractivity contribution in [3.8, 4) is 11.4 Å². The summed E-state index contributed by atoms with van der Waals surface area (Å²) in [7, 11) is 0. The highest BCUT2D eigenvalue weighted by Crippen LogP contribution is 2.28. The van der Waals surface area contributed by atoms with E-state index in [1.807, 2.05) is 0 Å². The lowest BCUT2D eigenvalue weighted by Crippen LogP contribution is -2.24. The first-order valence-electron chi connectivity index (χ1n) is 7.11. The lowest BCUT2D eigenvalue weighted by Gasteiger charge is -2.13. The van der Waals surface area contributed by atoms with Gasteiger partial charge in [-0.3, -0.25) is 0 Å². The number of aryl methyl sites for hydroxylation is 1. The zero-order chi connectivity index (χ0) is 17.9. The maximum absolute atomic E-state index is 14.3. The van der Waals surface area contributed by atoms with Crippen LogP contribution >= 0.6 is 15.9 Å². The third kappa shape index (κ3) is 4.90. The normalized spacial score (nSPS) is 11.8. The number of aliphatic hydroxyl groups is 2. The minimum atomic E-state index is -1.12. The number of benzene rings is 1. The molecule has 138 valence electrons. The van der Waals surface area contributed by atoms with Gasteiger partial charge in [0, 0.05) is 6.54 Å². The van der Waals surface area contributed by atoms with Crippen molar-refractivity contribution in [2.24, 2.45) is 0 Å². The average molecular weight is 422 g/mol. The van der Waals surface area contributed by atoms with Crippen LogP contribution in [-0.2, 0) is 6.42 Å². The number of rotatable bonds is 6. The molecule has 0 aliphatic heterocycles. The molecule has 0 saturated heterocycles. The van der Waals surface area contributed by atoms with Gasteiger partial charge in [-0.1, -0.05) is 14.4 Å². The van der Waals surface area contributed by atoms with Crippen molar-refractivity contribution in [1.29, 1.82) is 0 Å². The molecule has 0 spiro atoms. The number of anilines is 1. The molecule has 5 nitrogen and oxygen atoms in total. The molecular formula is C16H19BrF3N3O2. The molecule has 0 amide bonds. The Bertz CT molecular complexity index is 747. The van der Waals surface area contributed by atoms with Crippen LogP contribution in [0.5, 0.6) is 0 Å². The second kappa shape index (κ2) is 9.12. The summed E-state index contributed by atoms with van der Waals surface area (Å²) in [6, 6.07) is 1.85. The Morgan fingerprint density at radius 1 is 1.20 bits per heavy atom. The molecule has 2 rings (SSSR count). The van der Waals surface area contributed by atoms with Crippen LogP contribution in [0.2, 0.25) is 0 Å². The molecule has 1 atom stereocenters. The minimum absolute atomic E-state index is 0. The largest absolute Gasteiger partial charge is 0.394 e. The Balaban J connectivity index is 0.00000312. The van der Waals surface area contributed by atoms with Crippen molar-refractivity contribution in [1.82, 2.24) is 9.97 Å². The van der Waals surface area contributed by atoms with Gasteiger partial charge in [0.1, 0.15) is 11.6 Å². The molecule has 0 radical (unpaired) electrons. The van der Waals surface area contributed by atoms with Gasteiger partial charge in [-0.2, -0.15) is 0 Å². The Kier molecular flexibility index (Phi) is 7.78. The van der Waals surface area contributed by atoms with Gasteiger partial charge < -0.3 is 15.5 Å². The van der Waals surface area contributed by atoms with Crippen LogP contribution in [0.4, 0.5) is 19.0 Å². The third-order valence-electron chi connectivity index (χ3n) is 3.22. The number of nitrogens with one attached hydrogen (secondary N) is 1. The molecule has 0 fully saturated rings. The SMILES string of the molecule is C.CCc1nc(-c2cc(F)c(Br)cc2F)nc(NC[C@@H](O)CO)c1F. The summed E-state index contributed by atoms with van der Waals surface area (Å²) >= 11 is 2.88.